The summed E-state index contributed by atoms with van der Waals surface area (Å²) in [6, 6.07) is 29.4. The van der Waals surface area contributed by atoms with Crippen LogP contribution in [0.1, 0.15) is 0 Å². The minimum atomic E-state index is 0.879. The summed E-state index contributed by atoms with van der Waals surface area (Å²) in [5, 5.41) is 2.38. The molecule has 0 radical (unpaired) electrons. The van der Waals surface area contributed by atoms with Gasteiger partial charge in [0.15, 0.2) is 0 Å². The molecule has 3 heteroatoms. The van der Waals surface area contributed by atoms with Gasteiger partial charge in [0.1, 0.15) is 12.1 Å². The highest BCUT2D eigenvalue weighted by Crippen LogP contribution is 2.29. The summed E-state index contributed by atoms with van der Waals surface area (Å²) in [7, 11) is 1.70. The van der Waals surface area contributed by atoms with Crippen LogP contribution in [0.3, 0.4) is 0 Å². The van der Waals surface area contributed by atoms with Crippen molar-refractivity contribution in [3.05, 3.63) is 91.3 Å². The number of para-hydroxylation sites is 2. The van der Waals surface area contributed by atoms with Crippen LogP contribution < -0.4 is 4.74 Å². The minimum Gasteiger partial charge on any atom is -0.497 e. The molecule has 130 valence electrons. The number of aromatic nitrogens is 2. The first kappa shape index (κ1) is 15.6. The van der Waals surface area contributed by atoms with Gasteiger partial charge in [0, 0.05) is 5.69 Å². The van der Waals surface area contributed by atoms with E-state index in [1.54, 1.807) is 7.11 Å². The van der Waals surface area contributed by atoms with E-state index in [1.807, 2.05) is 30.6 Å². The van der Waals surface area contributed by atoms with E-state index in [2.05, 4.69) is 70.2 Å². The van der Waals surface area contributed by atoms with Gasteiger partial charge in [0.25, 0.3) is 0 Å². The van der Waals surface area contributed by atoms with Crippen LogP contribution in [0.2, 0.25) is 0 Å². The van der Waals surface area contributed by atoms with Gasteiger partial charge in [-0.1, -0.05) is 42.5 Å². The van der Waals surface area contributed by atoms with Crippen LogP contribution in [-0.4, -0.2) is 16.7 Å². The molecule has 0 saturated carbocycles. The van der Waals surface area contributed by atoms with Crippen molar-refractivity contribution >= 4 is 21.8 Å². The molecule has 27 heavy (non-hydrogen) atoms. The number of hydrogen-bond donors (Lipinski definition) is 0. The first-order valence-electron chi connectivity index (χ1n) is 8.92. The smallest absolute Gasteiger partial charge is 0.119 e. The van der Waals surface area contributed by atoms with Crippen molar-refractivity contribution in [1.29, 1.82) is 0 Å². The van der Waals surface area contributed by atoms with Crippen LogP contribution in [0, 0.1) is 0 Å². The molecule has 0 saturated heterocycles. The molecule has 0 amide bonds. The van der Waals surface area contributed by atoms with Crippen LogP contribution >= 0.6 is 0 Å². The van der Waals surface area contributed by atoms with E-state index in [0.29, 0.717) is 0 Å². The second kappa shape index (κ2) is 6.29. The third-order valence-corrected chi connectivity index (χ3v) is 4.96. The maximum Gasteiger partial charge on any atom is 0.119 e. The molecule has 1 aromatic heterocycles. The Balaban J connectivity index is 1.60. The predicted octanol–water partition coefficient (Wildman–Crippen LogP) is 5.85. The van der Waals surface area contributed by atoms with Crippen molar-refractivity contribution < 1.29 is 4.74 Å². The molecule has 3 nitrogen and oxygen atoms in total. The average Bonchev–Trinajstić information content (AvgIpc) is 3.17. The van der Waals surface area contributed by atoms with Gasteiger partial charge >= 0.3 is 0 Å². The van der Waals surface area contributed by atoms with Crippen molar-refractivity contribution in [2.75, 3.05) is 7.11 Å². The van der Waals surface area contributed by atoms with Crippen LogP contribution in [0.5, 0.6) is 5.75 Å². The third-order valence-electron chi connectivity index (χ3n) is 4.96. The van der Waals surface area contributed by atoms with Gasteiger partial charge in [0.05, 0.1) is 18.1 Å². The molecule has 0 aliphatic carbocycles. The first-order valence-corrected chi connectivity index (χ1v) is 8.92. The van der Waals surface area contributed by atoms with Crippen molar-refractivity contribution in [2.24, 2.45) is 0 Å². The summed E-state index contributed by atoms with van der Waals surface area (Å²) in [5.74, 6) is 0.879. The summed E-state index contributed by atoms with van der Waals surface area (Å²) >= 11 is 0. The molecule has 0 unspecified atom stereocenters. The topological polar surface area (TPSA) is 27.1 Å². The van der Waals surface area contributed by atoms with E-state index >= 15 is 0 Å². The standard InChI is InChI=1S/C24H18N2O/c1-27-22-12-11-19-13-18(9-10-20(19)15-22)17-5-4-6-21(14-17)26-16-25-23-7-2-3-8-24(23)26/h2-16H,1H3. The summed E-state index contributed by atoms with van der Waals surface area (Å²) in [6.45, 7) is 0. The minimum absolute atomic E-state index is 0.879. The largest absolute Gasteiger partial charge is 0.497 e. The third kappa shape index (κ3) is 2.74. The number of methoxy groups -OCH3 is 1. The van der Waals surface area contributed by atoms with E-state index in [-0.39, 0.29) is 0 Å². The highest BCUT2D eigenvalue weighted by molar-refractivity contribution is 5.88. The van der Waals surface area contributed by atoms with E-state index in [4.69, 9.17) is 4.74 Å². The summed E-state index contributed by atoms with van der Waals surface area (Å²) < 4.78 is 7.45. The van der Waals surface area contributed by atoms with Crippen LogP contribution in [0.4, 0.5) is 0 Å². The lowest BCUT2D eigenvalue weighted by Crippen LogP contribution is -1.92. The molecule has 0 N–H and O–H groups in total. The summed E-state index contributed by atoms with van der Waals surface area (Å²) in [5.41, 5.74) is 5.60. The van der Waals surface area contributed by atoms with Crippen LogP contribution in [0.25, 0.3) is 38.6 Å². The van der Waals surface area contributed by atoms with Gasteiger partial charge in [0.2, 0.25) is 0 Å². The molecule has 0 atom stereocenters. The van der Waals surface area contributed by atoms with E-state index in [9.17, 15) is 0 Å². The maximum atomic E-state index is 5.32. The quantitative estimate of drug-likeness (QED) is 0.408. The van der Waals surface area contributed by atoms with Gasteiger partial charge < -0.3 is 4.74 Å². The average molecular weight is 350 g/mol. The number of imidazole rings is 1. The Kier molecular flexibility index (Phi) is 3.65. The lowest BCUT2D eigenvalue weighted by Gasteiger charge is -2.09. The highest BCUT2D eigenvalue weighted by atomic mass is 16.5. The zero-order valence-corrected chi connectivity index (χ0v) is 15.0. The second-order valence-corrected chi connectivity index (χ2v) is 6.58. The zero-order chi connectivity index (χ0) is 18.2. The fourth-order valence-corrected chi connectivity index (χ4v) is 3.53. The SMILES string of the molecule is COc1ccc2cc(-c3cccc(-n4cnc5ccccc54)c3)ccc2c1. The second-order valence-electron chi connectivity index (χ2n) is 6.58. The monoisotopic (exact) mass is 350 g/mol. The van der Waals surface area contributed by atoms with E-state index in [0.717, 1.165) is 22.5 Å². The van der Waals surface area contributed by atoms with Crippen molar-refractivity contribution in [3.63, 3.8) is 0 Å². The molecule has 1 heterocycles. The predicted molar refractivity (Wildman–Crippen MR) is 111 cm³/mol. The molecule has 5 rings (SSSR count). The highest BCUT2D eigenvalue weighted by Gasteiger charge is 2.06. The molecule has 4 aromatic carbocycles. The number of ether oxygens (including phenoxy) is 1. The molecule has 0 fully saturated rings. The first-order chi connectivity index (χ1) is 13.3. The number of rotatable bonds is 3. The Hall–Kier alpha value is -3.59. The lowest BCUT2D eigenvalue weighted by molar-refractivity contribution is 0.415. The Labute approximate surface area is 157 Å². The van der Waals surface area contributed by atoms with E-state index in [1.165, 1.54) is 21.9 Å². The Morgan fingerprint density at radius 2 is 1.56 bits per heavy atom. The van der Waals surface area contributed by atoms with Crippen molar-refractivity contribution in [2.45, 2.75) is 0 Å². The Morgan fingerprint density at radius 3 is 2.48 bits per heavy atom. The van der Waals surface area contributed by atoms with Crippen molar-refractivity contribution in [1.82, 2.24) is 9.55 Å². The molecule has 0 aliphatic heterocycles. The van der Waals surface area contributed by atoms with Crippen molar-refractivity contribution in [3.8, 4) is 22.6 Å². The molecule has 5 aromatic rings. The van der Waals surface area contributed by atoms with Gasteiger partial charge in [-0.2, -0.15) is 0 Å². The van der Waals surface area contributed by atoms with Gasteiger partial charge in [-0.15, -0.1) is 0 Å². The normalized spacial score (nSPS) is 11.1. The van der Waals surface area contributed by atoms with Crippen LogP contribution in [-0.2, 0) is 0 Å². The molecular weight excluding hydrogens is 332 g/mol. The maximum absolute atomic E-state index is 5.32. The van der Waals surface area contributed by atoms with Gasteiger partial charge in [-0.05, 0) is 64.4 Å². The lowest BCUT2D eigenvalue weighted by atomic mass is 10.0. The Morgan fingerprint density at radius 1 is 0.741 bits per heavy atom. The number of fused-ring (bicyclic) bond motifs is 2. The van der Waals surface area contributed by atoms with E-state index < -0.39 is 0 Å². The zero-order valence-electron chi connectivity index (χ0n) is 15.0. The van der Waals surface area contributed by atoms with Crippen LogP contribution in [0.15, 0.2) is 91.3 Å². The molecular formula is C24H18N2O. The van der Waals surface area contributed by atoms with Gasteiger partial charge in [-0.25, -0.2) is 4.98 Å². The molecule has 0 bridgehead atoms. The fourth-order valence-electron chi connectivity index (χ4n) is 3.53. The van der Waals surface area contributed by atoms with Gasteiger partial charge in [-0.3, -0.25) is 4.57 Å². The summed E-state index contributed by atoms with van der Waals surface area (Å²) in [4.78, 5) is 4.51. The molecule has 0 aliphatic rings. The number of nitrogens with zero attached hydrogens (tertiary/aromatic N) is 2. The fraction of sp³-hybridized carbons (Fsp3) is 0.0417. The molecule has 0 spiro atoms. The Bertz CT molecular complexity index is 1270. The number of benzene rings is 4. The number of hydrogen-bond acceptors (Lipinski definition) is 2. The summed E-state index contributed by atoms with van der Waals surface area (Å²) in [6.07, 6.45) is 1.89.